The number of aryl methyl sites for hydroxylation is 1. The summed E-state index contributed by atoms with van der Waals surface area (Å²) in [6, 6.07) is 3.26. The number of nitrogens with one attached hydrogen (secondary N) is 2. The van der Waals surface area contributed by atoms with Gasteiger partial charge in [0.15, 0.2) is 16.6 Å². The van der Waals surface area contributed by atoms with Crippen LogP contribution in [0.3, 0.4) is 0 Å². The lowest BCUT2D eigenvalue weighted by molar-refractivity contribution is 0.0994. The number of amides is 1. The highest BCUT2D eigenvalue weighted by Crippen LogP contribution is 2.18. The van der Waals surface area contributed by atoms with Gasteiger partial charge in [0.2, 0.25) is 5.95 Å². The predicted octanol–water partition coefficient (Wildman–Crippen LogP) is 2.16. The van der Waals surface area contributed by atoms with E-state index in [0.29, 0.717) is 16.9 Å². The molecule has 0 spiro atoms. The first-order chi connectivity index (χ1) is 9.13. The average Bonchev–Trinajstić information content (AvgIpc) is 2.97. The van der Waals surface area contributed by atoms with Crippen molar-refractivity contribution >= 4 is 34.6 Å². The average molecular weight is 278 g/mol. The highest BCUT2D eigenvalue weighted by Gasteiger charge is 2.14. The molecule has 0 atom stereocenters. The minimum absolute atomic E-state index is 0.0728. The molecule has 8 heteroatoms. The molecule has 2 N–H and O–H groups in total. The maximum atomic E-state index is 11.9. The van der Waals surface area contributed by atoms with Crippen LogP contribution >= 0.6 is 11.6 Å². The van der Waals surface area contributed by atoms with Gasteiger partial charge < -0.3 is 9.40 Å². The molecule has 0 unspecified atom stereocenters. The van der Waals surface area contributed by atoms with Crippen molar-refractivity contribution in [2.24, 2.45) is 0 Å². The molecular weight excluding hydrogens is 270 g/mol. The molecule has 0 bridgehead atoms. The molecule has 7 nitrogen and oxygen atoms in total. The molecule has 0 aliphatic heterocycles. The number of halogens is 1. The Labute approximate surface area is 112 Å². The summed E-state index contributed by atoms with van der Waals surface area (Å²) in [5, 5.41) is 2.69. The van der Waals surface area contributed by atoms with Crippen molar-refractivity contribution in [3.05, 3.63) is 35.1 Å². The standard InChI is InChI=1S/C11H8ClN5O2/c1-5-2-3-6(19-5)10(18)17-11-15-8(12)7-9(16-11)14-4-13-7/h2-4H,1H3,(H2,13,14,15,16,17,18). The predicted molar refractivity (Wildman–Crippen MR) is 68.1 cm³/mol. The first kappa shape index (κ1) is 11.7. The summed E-state index contributed by atoms with van der Waals surface area (Å²) in [4.78, 5) is 26.6. The molecule has 0 aliphatic carbocycles. The summed E-state index contributed by atoms with van der Waals surface area (Å²) in [7, 11) is 0. The number of nitrogens with zero attached hydrogens (tertiary/aromatic N) is 3. The van der Waals surface area contributed by atoms with E-state index in [2.05, 4.69) is 25.3 Å². The topological polar surface area (TPSA) is 96.7 Å². The number of carbonyl (C=O) groups is 1. The number of aromatic amines is 1. The van der Waals surface area contributed by atoms with Crippen LogP contribution in [0, 0.1) is 6.92 Å². The minimum atomic E-state index is -0.445. The molecule has 3 heterocycles. The molecule has 3 aromatic rings. The van der Waals surface area contributed by atoms with Gasteiger partial charge in [-0.1, -0.05) is 11.6 Å². The fourth-order valence-electron chi connectivity index (χ4n) is 1.57. The number of fused-ring (bicyclic) bond motifs is 1. The molecule has 1 amide bonds. The summed E-state index contributed by atoms with van der Waals surface area (Å²) < 4.78 is 5.20. The van der Waals surface area contributed by atoms with E-state index >= 15 is 0 Å². The van der Waals surface area contributed by atoms with Crippen molar-refractivity contribution in [2.45, 2.75) is 6.92 Å². The molecule has 3 rings (SSSR count). The van der Waals surface area contributed by atoms with E-state index in [4.69, 9.17) is 16.0 Å². The summed E-state index contributed by atoms with van der Waals surface area (Å²) in [5.74, 6) is 0.453. The smallest absolute Gasteiger partial charge is 0.293 e. The Morgan fingerprint density at radius 1 is 1.42 bits per heavy atom. The lowest BCUT2D eigenvalue weighted by Crippen LogP contribution is -2.13. The van der Waals surface area contributed by atoms with Crippen LogP contribution in [0.4, 0.5) is 5.95 Å². The van der Waals surface area contributed by atoms with E-state index in [1.54, 1.807) is 19.1 Å². The third-order valence-electron chi connectivity index (χ3n) is 2.43. The number of H-pyrrole nitrogens is 1. The summed E-state index contributed by atoms with van der Waals surface area (Å²) >= 11 is 5.94. The number of anilines is 1. The van der Waals surface area contributed by atoms with E-state index in [1.165, 1.54) is 6.33 Å². The number of aromatic nitrogens is 4. The molecule has 3 aromatic heterocycles. The van der Waals surface area contributed by atoms with Gasteiger partial charge in [0.1, 0.15) is 11.3 Å². The van der Waals surface area contributed by atoms with E-state index < -0.39 is 5.91 Å². The summed E-state index contributed by atoms with van der Waals surface area (Å²) in [5.41, 5.74) is 0.902. The molecular formula is C11H8ClN5O2. The van der Waals surface area contributed by atoms with Crippen LogP contribution in [0.1, 0.15) is 16.3 Å². The number of carbonyl (C=O) groups excluding carboxylic acids is 1. The molecule has 0 aromatic carbocycles. The number of hydrogen-bond donors (Lipinski definition) is 2. The first-order valence-electron chi connectivity index (χ1n) is 5.38. The van der Waals surface area contributed by atoms with Crippen LogP contribution in [0.2, 0.25) is 5.15 Å². The fraction of sp³-hybridized carbons (Fsp3) is 0.0909. The Balaban J connectivity index is 1.90. The second kappa shape index (κ2) is 4.36. The van der Waals surface area contributed by atoms with Gasteiger partial charge in [-0.3, -0.25) is 10.1 Å². The lowest BCUT2D eigenvalue weighted by Gasteiger charge is -2.01. The first-order valence-corrected chi connectivity index (χ1v) is 5.75. The lowest BCUT2D eigenvalue weighted by atomic mass is 10.4. The van der Waals surface area contributed by atoms with Crippen molar-refractivity contribution in [3.8, 4) is 0 Å². The molecule has 0 saturated heterocycles. The van der Waals surface area contributed by atoms with Gasteiger partial charge >= 0.3 is 0 Å². The van der Waals surface area contributed by atoms with Crippen LogP contribution in [-0.2, 0) is 0 Å². The zero-order valence-corrected chi connectivity index (χ0v) is 10.5. The molecule has 0 saturated carbocycles. The van der Waals surface area contributed by atoms with Crippen molar-refractivity contribution in [2.75, 3.05) is 5.32 Å². The summed E-state index contributed by atoms with van der Waals surface area (Å²) in [6.07, 6.45) is 1.45. The highest BCUT2D eigenvalue weighted by molar-refractivity contribution is 6.33. The zero-order valence-electron chi connectivity index (χ0n) is 9.77. The maximum Gasteiger partial charge on any atom is 0.293 e. The Hall–Kier alpha value is -2.41. The van der Waals surface area contributed by atoms with Gasteiger partial charge in [0, 0.05) is 0 Å². The summed E-state index contributed by atoms with van der Waals surface area (Å²) in [6.45, 7) is 1.75. The normalized spacial score (nSPS) is 10.8. The van der Waals surface area contributed by atoms with Crippen molar-refractivity contribution in [3.63, 3.8) is 0 Å². The zero-order chi connectivity index (χ0) is 13.4. The largest absolute Gasteiger partial charge is 0.456 e. The van der Waals surface area contributed by atoms with Crippen molar-refractivity contribution in [1.82, 2.24) is 19.9 Å². The second-order valence-corrected chi connectivity index (χ2v) is 4.16. The van der Waals surface area contributed by atoms with Gasteiger partial charge in [-0.05, 0) is 19.1 Å². The SMILES string of the molecule is Cc1ccc(C(=O)Nc2nc(Cl)c3[nH]cnc3n2)o1. The number of furan rings is 1. The van der Waals surface area contributed by atoms with E-state index in [-0.39, 0.29) is 16.9 Å². The molecule has 19 heavy (non-hydrogen) atoms. The number of rotatable bonds is 2. The molecule has 96 valence electrons. The Morgan fingerprint density at radius 3 is 3.00 bits per heavy atom. The molecule has 0 fully saturated rings. The van der Waals surface area contributed by atoms with Crippen LogP contribution in [0.25, 0.3) is 11.2 Å². The maximum absolute atomic E-state index is 11.9. The van der Waals surface area contributed by atoms with Crippen LogP contribution in [0.5, 0.6) is 0 Å². The van der Waals surface area contributed by atoms with Gasteiger partial charge in [0.05, 0.1) is 6.33 Å². The molecule has 0 aliphatic rings. The Morgan fingerprint density at radius 2 is 2.26 bits per heavy atom. The quantitative estimate of drug-likeness (QED) is 0.700. The van der Waals surface area contributed by atoms with Gasteiger partial charge in [0.25, 0.3) is 5.91 Å². The van der Waals surface area contributed by atoms with Crippen molar-refractivity contribution < 1.29 is 9.21 Å². The van der Waals surface area contributed by atoms with Crippen LogP contribution in [0.15, 0.2) is 22.9 Å². The van der Waals surface area contributed by atoms with Gasteiger partial charge in [-0.15, -0.1) is 0 Å². The van der Waals surface area contributed by atoms with Gasteiger partial charge in [-0.2, -0.15) is 9.97 Å². The monoisotopic (exact) mass is 277 g/mol. The van der Waals surface area contributed by atoms with Crippen molar-refractivity contribution in [1.29, 1.82) is 0 Å². The van der Waals surface area contributed by atoms with Gasteiger partial charge in [-0.25, -0.2) is 4.98 Å². The number of hydrogen-bond acceptors (Lipinski definition) is 5. The Bertz CT molecular complexity index is 763. The van der Waals surface area contributed by atoms with Crippen LogP contribution < -0.4 is 5.32 Å². The molecule has 0 radical (unpaired) electrons. The van der Waals surface area contributed by atoms with E-state index in [1.807, 2.05) is 0 Å². The van der Waals surface area contributed by atoms with E-state index in [0.717, 1.165) is 0 Å². The highest BCUT2D eigenvalue weighted by atomic mass is 35.5. The minimum Gasteiger partial charge on any atom is -0.456 e. The number of imidazole rings is 1. The third-order valence-corrected chi connectivity index (χ3v) is 2.70. The fourth-order valence-corrected chi connectivity index (χ4v) is 1.79. The third kappa shape index (κ3) is 2.15. The van der Waals surface area contributed by atoms with Crippen LogP contribution in [-0.4, -0.2) is 25.8 Å². The second-order valence-electron chi connectivity index (χ2n) is 3.80. The van der Waals surface area contributed by atoms with E-state index in [9.17, 15) is 4.79 Å². The Kier molecular flexibility index (Phi) is 2.68.